The number of ether oxygens (including phenoxy) is 3. The molecule has 4 rings (SSSR count). The molecule has 1 aromatic carbocycles. The van der Waals surface area contributed by atoms with Crippen LogP contribution in [0.25, 0.3) is 0 Å². The topological polar surface area (TPSA) is 57.0 Å². The van der Waals surface area contributed by atoms with Crippen LogP contribution in [-0.2, 0) is 23.3 Å². The van der Waals surface area contributed by atoms with E-state index >= 15 is 0 Å². The van der Waals surface area contributed by atoms with E-state index in [1.165, 1.54) is 16.7 Å². The zero-order valence-corrected chi connectivity index (χ0v) is 16.6. The summed E-state index contributed by atoms with van der Waals surface area (Å²) >= 11 is 0. The molecule has 2 aliphatic heterocycles. The molecule has 0 unspecified atom stereocenters. The first-order chi connectivity index (χ1) is 13.1. The van der Waals surface area contributed by atoms with Gasteiger partial charge in [0.1, 0.15) is 5.76 Å². The zero-order valence-electron chi connectivity index (χ0n) is 16.6. The molecule has 0 bridgehead atoms. The molecular weight excluding hydrogens is 344 g/mol. The predicted molar refractivity (Wildman–Crippen MR) is 101 cm³/mol. The highest BCUT2D eigenvalue weighted by Gasteiger charge is 2.41. The van der Waals surface area contributed by atoms with Crippen LogP contribution in [0.3, 0.4) is 0 Å². The fourth-order valence-electron chi connectivity index (χ4n) is 4.42. The third kappa shape index (κ3) is 3.21. The second-order valence-electron chi connectivity index (χ2n) is 7.54. The largest absolute Gasteiger partial charge is 0.493 e. The van der Waals surface area contributed by atoms with Crippen molar-refractivity contribution in [2.24, 2.45) is 0 Å². The first-order valence-electron chi connectivity index (χ1n) is 9.60. The SMILES string of the molecule is COc1cc2c(cc1OC)C1(CCN(Cc3c(C)noc3C)CC1)OCC2. The van der Waals surface area contributed by atoms with Crippen LogP contribution < -0.4 is 9.47 Å². The van der Waals surface area contributed by atoms with Crippen LogP contribution in [0, 0.1) is 13.8 Å². The number of benzene rings is 1. The van der Waals surface area contributed by atoms with Crippen molar-refractivity contribution >= 4 is 0 Å². The maximum absolute atomic E-state index is 6.38. The van der Waals surface area contributed by atoms with Crippen LogP contribution in [-0.4, -0.2) is 44.0 Å². The Bertz CT molecular complexity index is 802. The Hall–Kier alpha value is -2.05. The highest BCUT2D eigenvalue weighted by Crippen LogP contribution is 2.45. The molecule has 6 nitrogen and oxygen atoms in total. The van der Waals surface area contributed by atoms with Crippen molar-refractivity contribution in [1.29, 1.82) is 0 Å². The van der Waals surface area contributed by atoms with Gasteiger partial charge in [-0.05, 0) is 56.4 Å². The highest BCUT2D eigenvalue weighted by atomic mass is 16.5. The van der Waals surface area contributed by atoms with E-state index in [0.29, 0.717) is 0 Å². The van der Waals surface area contributed by atoms with Crippen molar-refractivity contribution in [2.75, 3.05) is 33.9 Å². The van der Waals surface area contributed by atoms with Crippen molar-refractivity contribution < 1.29 is 18.7 Å². The van der Waals surface area contributed by atoms with E-state index in [2.05, 4.69) is 22.2 Å². The molecule has 0 aliphatic carbocycles. The summed E-state index contributed by atoms with van der Waals surface area (Å²) in [7, 11) is 3.37. The van der Waals surface area contributed by atoms with E-state index in [0.717, 1.165) is 68.5 Å². The standard InChI is InChI=1S/C21H28N2O4/c1-14-17(15(2)27-22-14)13-23-8-6-21(7-9-23)18-12-20(25-4)19(24-3)11-16(18)5-10-26-21/h11-12H,5-10,13H2,1-4H3. The van der Waals surface area contributed by atoms with Gasteiger partial charge in [0.15, 0.2) is 11.5 Å². The minimum Gasteiger partial charge on any atom is -0.493 e. The van der Waals surface area contributed by atoms with Gasteiger partial charge >= 0.3 is 0 Å². The molecule has 0 radical (unpaired) electrons. The molecule has 0 atom stereocenters. The molecule has 3 heterocycles. The van der Waals surface area contributed by atoms with E-state index in [1.54, 1.807) is 14.2 Å². The van der Waals surface area contributed by atoms with E-state index in [1.807, 2.05) is 13.8 Å². The summed E-state index contributed by atoms with van der Waals surface area (Å²) in [5.74, 6) is 2.49. The van der Waals surface area contributed by atoms with Crippen molar-refractivity contribution in [3.63, 3.8) is 0 Å². The molecule has 2 aromatic rings. The maximum Gasteiger partial charge on any atom is 0.161 e. The molecule has 0 N–H and O–H groups in total. The van der Waals surface area contributed by atoms with E-state index < -0.39 is 0 Å². The number of nitrogens with zero attached hydrogens (tertiary/aromatic N) is 2. The van der Waals surface area contributed by atoms with Gasteiger partial charge in [0.25, 0.3) is 0 Å². The zero-order chi connectivity index (χ0) is 19.0. The van der Waals surface area contributed by atoms with Crippen molar-refractivity contribution in [2.45, 2.75) is 45.3 Å². The van der Waals surface area contributed by atoms with Gasteiger partial charge in [-0.2, -0.15) is 0 Å². The number of aryl methyl sites for hydroxylation is 2. The number of hydrogen-bond donors (Lipinski definition) is 0. The molecule has 146 valence electrons. The quantitative estimate of drug-likeness (QED) is 0.820. The number of piperidine rings is 1. The fourth-order valence-corrected chi connectivity index (χ4v) is 4.42. The van der Waals surface area contributed by atoms with Crippen LogP contribution in [0.1, 0.15) is 41.0 Å². The smallest absolute Gasteiger partial charge is 0.161 e. The van der Waals surface area contributed by atoms with Gasteiger partial charge in [0.05, 0.1) is 32.1 Å². The van der Waals surface area contributed by atoms with E-state index in [4.69, 9.17) is 18.7 Å². The van der Waals surface area contributed by atoms with Gasteiger partial charge in [0, 0.05) is 25.2 Å². The minimum absolute atomic E-state index is 0.220. The first kappa shape index (κ1) is 18.3. The number of methoxy groups -OCH3 is 2. The average molecular weight is 372 g/mol. The van der Waals surface area contributed by atoms with Gasteiger partial charge in [-0.3, -0.25) is 4.90 Å². The summed E-state index contributed by atoms with van der Waals surface area (Å²) in [5.41, 5.74) is 4.57. The van der Waals surface area contributed by atoms with Crippen molar-refractivity contribution in [1.82, 2.24) is 10.1 Å². The molecule has 27 heavy (non-hydrogen) atoms. The Morgan fingerprint density at radius 3 is 2.44 bits per heavy atom. The highest BCUT2D eigenvalue weighted by molar-refractivity contribution is 5.50. The van der Waals surface area contributed by atoms with Crippen LogP contribution in [0.5, 0.6) is 11.5 Å². The van der Waals surface area contributed by atoms with Gasteiger partial charge in [0.2, 0.25) is 0 Å². The molecule has 1 aromatic heterocycles. The van der Waals surface area contributed by atoms with Gasteiger partial charge in [-0.25, -0.2) is 0 Å². The molecule has 0 saturated carbocycles. The maximum atomic E-state index is 6.38. The summed E-state index contributed by atoms with van der Waals surface area (Å²) < 4.78 is 22.7. The second-order valence-corrected chi connectivity index (χ2v) is 7.54. The minimum atomic E-state index is -0.220. The summed E-state index contributed by atoms with van der Waals surface area (Å²) in [4.78, 5) is 2.47. The number of hydrogen-bond acceptors (Lipinski definition) is 6. The number of fused-ring (bicyclic) bond motifs is 2. The number of rotatable bonds is 4. The summed E-state index contributed by atoms with van der Waals surface area (Å²) in [6.07, 6.45) is 2.86. The third-order valence-corrected chi connectivity index (χ3v) is 6.08. The summed E-state index contributed by atoms with van der Waals surface area (Å²) in [5, 5.41) is 4.08. The molecule has 6 heteroatoms. The summed E-state index contributed by atoms with van der Waals surface area (Å²) in [6.45, 7) is 7.61. The molecule has 1 spiro atoms. The third-order valence-electron chi connectivity index (χ3n) is 6.08. The number of aromatic nitrogens is 1. The fraction of sp³-hybridized carbons (Fsp3) is 0.571. The monoisotopic (exact) mass is 372 g/mol. The first-order valence-corrected chi connectivity index (χ1v) is 9.60. The molecule has 2 aliphatic rings. The average Bonchev–Trinajstić information content (AvgIpc) is 3.01. The molecular formula is C21H28N2O4. The van der Waals surface area contributed by atoms with Gasteiger partial charge in [-0.1, -0.05) is 5.16 Å². The normalized spacial score (nSPS) is 19.1. The van der Waals surface area contributed by atoms with E-state index in [9.17, 15) is 0 Å². The Labute approximate surface area is 160 Å². The Morgan fingerprint density at radius 2 is 1.81 bits per heavy atom. The van der Waals surface area contributed by atoms with Gasteiger partial charge < -0.3 is 18.7 Å². The lowest BCUT2D eigenvalue weighted by atomic mass is 9.79. The van der Waals surface area contributed by atoms with Crippen LogP contribution >= 0.6 is 0 Å². The lowest BCUT2D eigenvalue weighted by molar-refractivity contribution is -0.0990. The molecule has 0 amide bonds. The van der Waals surface area contributed by atoms with Gasteiger partial charge in [-0.15, -0.1) is 0 Å². The lowest BCUT2D eigenvalue weighted by Gasteiger charge is -2.45. The van der Waals surface area contributed by atoms with Crippen LogP contribution in [0.2, 0.25) is 0 Å². The Kier molecular flexibility index (Phi) is 4.86. The summed E-state index contributed by atoms with van der Waals surface area (Å²) in [6, 6.07) is 4.24. The Morgan fingerprint density at radius 1 is 1.11 bits per heavy atom. The predicted octanol–water partition coefficient (Wildman–Crippen LogP) is 3.37. The lowest BCUT2D eigenvalue weighted by Crippen LogP contribution is -2.46. The van der Waals surface area contributed by atoms with E-state index in [-0.39, 0.29) is 5.60 Å². The van der Waals surface area contributed by atoms with Crippen molar-refractivity contribution in [3.8, 4) is 11.5 Å². The van der Waals surface area contributed by atoms with Crippen LogP contribution in [0.15, 0.2) is 16.7 Å². The number of likely N-dealkylation sites (tertiary alicyclic amines) is 1. The Balaban J connectivity index is 1.55. The van der Waals surface area contributed by atoms with Crippen LogP contribution in [0.4, 0.5) is 0 Å². The van der Waals surface area contributed by atoms with Crippen molar-refractivity contribution in [3.05, 3.63) is 40.3 Å². The second kappa shape index (κ2) is 7.17. The molecule has 1 fully saturated rings. The molecule has 1 saturated heterocycles.